The van der Waals surface area contributed by atoms with Crippen LogP contribution in [0.5, 0.6) is 0 Å². The maximum absolute atomic E-state index is 12.3. The van der Waals surface area contributed by atoms with Gasteiger partial charge in [-0.25, -0.2) is 9.48 Å². The number of nitrogens with zero attached hydrogens (tertiary/aromatic N) is 4. The number of hydrogen-bond donors (Lipinski definition) is 2. The molecule has 1 fully saturated rings. The molecule has 8 nitrogen and oxygen atoms in total. The molecule has 0 aliphatic carbocycles. The summed E-state index contributed by atoms with van der Waals surface area (Å²) in [7, 11) is 0. The Hall–Kier alpha value is -1.10. The van der Waals surface area contributed by atoms with E-state index in [0.29, 0.717) is 13.1 Å². The molecule has 154 valence electrons. The van der Waals surface area contributed by atoms with E-state index < -0.39 is 0 Å². The number of aromatic nitrogens is 3. The van der Waals surface area contributed by atoms with Crippen molar-refractivity contribution in [3.8, 4) is 0 Å². The highest BCUT2D eigenvalue weighted by Crippen LogP contribution is 2.24. The van der Waals surface area contributed by atoms with E-state index in [1.165, 1.54) is 0 Å². The topological polar surface area (TPSA) is 85.5 Å². The third-order valence-corrected chi connectivity index (χ3v) is 5.09. The maximum atomic E-state index is 12.3. The van der Waals surface area contributed by atoms with Crippen molar-refractivity contribution in [2.24, 2.45) is 4.99 Å². The molecule has 3 rings (SSSR count). The third kappa shape index (κ3) is 5.94. The molecule has 0 amide bonds. The van der Waals surface area contributed by atoms with Gasteiger partial charge in [0.2, 0.25) is 0 Å². The molecular weight excluding hydrogens is 459 g/mol. The summed E-state index contributed by atoms with van der Waals surface area (Å²) in [6.45, 7) is 8.68. The van der Waals surface area contributed by atoms with Crippen molar-refractivity contribution in [1.82, 2.24) is 25.0 Å². The number of halogens is 1. The molecule has 0 spiro atoms. The van der Waals surface area contributed by atoms with Crippen LogP contribution in [-0.2, 0) is 24.2 Å². The first-order chi connectivity index (χ1) is 12.6. The average molecular weight is 492 g/mol. The van der Waals surface area contributed by atoms with Crippen LogP contribution in [0.2, 0.25) is 0 Å². The van der Waals surface area contributed by atoms with E-state index in [-0.39, 0.29) is 35.3 Å². The molecule has 2 aliphatic heterocycles. The van der Waals surface area contributed by atoms with Crippen LogP contribution >= 0.6 is 24.0 Å². The summed E-state index contributed by atoms with van der Waals surface area (Å²) in [6.07, 6.45) is 6.12. The maximum Gasteiger partial charge on any atom is 0.345 e. The van der Waals surface area contributed by atoms with Gasteiger partial charge in [0, 0.05) is 39.2 Å². The number of rotatable bonds is 7. The van der Waals surface area contributed by atoms with E-state index in [1.54, 1.807) is 4.68 Å². The van der Waals surface area contributed by atoms with Crippen molar-refractivity contribution in [2.75, 3.05) is 26.2 Å². The second-order valence-electron chi connectivity index (χ2n) is 7.41. The largest absolute Gasteiger partial charge is 0.373 e. The molecule has 0 saturated carbocycles. The minimum Gasteiger partial charge on any atom is -0.373 e. The predicted octanol–water partition coefficient (Wildman–Crippen LogP) is 1.51. The summed E-state index contributed by atoms with van der Waals surface area (Å²) in [5.41, 5.74) is -0.0999. The van der Waals surface area contributed by atoms with Gasteiger partial charge in [-0.1, -0.05) is 0 Å². The number of nitrogens with one attached hydrogen (secondary N) is 2. The lowest BCUT2D eigenvalue weighted by Crippen LogP contribution is -2.40. The Labute approximate surface area is 178 Å². The first kappa shape index (κ1) is 22.2. The number of fused-ring (bicyclic) bond motifs is 1. The fraction of sp³-hybridized carbons (Fsp3) is 0.833. The van der Waals surface area contributed by atoms with Crippen LogP contribution in [0.3, 0.4) is 0 Å². The highest BCUT2D eigenvalue weighted by Gasteiger charge is 2.29. The van der Waals surface area contributed by atoms with Gasteiger partial charge < -0.3 is 15.4 Å². The van der Waals surface area contributed by atoms with E-state index in [0.717, 1.165) is 76.6 Å². The average Bonchev–Trinajstić information content (AvgIpc) is 3.21. The summed E-state index contributed by atoms with van der Waals surface area (Å²) in [4.78, 5) is 17.0. The first-order valence-corrected chi connectivity index (χ1v) is 9.94. The second kappa shape index (κ2) is 10.4. The van der Waals surface area contributed by atoms with Crippen molar-refractivity contribution in [3.05, 3.63) is 16.3 Å². The minimum absolute atomic E-state index is 0. The fourth-order valence-electron chi connectivity index (χ4n) is 3.58. The molecule has 0 aromatic carbocycles. The monoisotopic (exact) mass is 492 g/mol. The second-order valence-corrected chi connectivity index (χ2v) is 7.41. The van der Waals surface area contributed by atoms with Crippen LogP contribution in [0.15, 0.2) is 9.79 Å². The van der Waals surface area contributed by atoms with Crippen LogP contribution < -0.4 is 16.3 Å². The van der Waals surface area contributed by atoms with Gasteiger partial charge in [0.15, 0.2) is 5.96 Å². The Balaban J connectivity index is 0.00000261. The van der Waals surface area contributed by atoms with Crippen molar-refractivity contribution in [2.45, 2.75) is 71.1 Å². The molecule has 3 heterocycles. The van der Waals surface area contributed by atoms with Gasteiger partial charge in [-0.2, -0.15) is 5.10 Å². The highest BCUT2D eigenvalue weighted by atomic mass is 127. The van der Waals surface area contributed by atoms with Crippen molar-refractivity contribution < 1.29 is 4.74 Å². The van der Waals surface area contributed by atoms with Crippen molar-refractivity contribution >= 4 is 29.9 Å². The van der Waals surface area contributed by atoms with Crippen LogP contribution in [0.25, 0.3) is 0 Å². The number of guanidine groups is 1. The quantitative estimate of drug-likeness (QED) is 0.261. The lowest BCUT2D eigenvalue weighted by atomic mass is 10.0. The molecule has 1 aromatic rings. The molecule has 1 unspecified atom stereocenters. The number of hydrogen-bond acceptors (Lipinski definition) is 4. The molecule has 1 atom stereocenters. The number of ether oxygens (including phenoxy) is 1. The summed E-state index contributed by atoms with van der Waals surface area (Å²) >= 11 is 0. The lowest BCUT2D eigenvalue weighted by Gasteiger charge is -2.21. The first-order valence-electron chi connectivity index (χ1n) is 9.94. The minimum atomic E-state index is -0.134. The molecule has 0 radical (unpaired) electrons. The fourth-order valence-corrected chi connectivity index (χ4v) is 3.58. The van der Waals surface area contributed by atoms with Crippen LogP contribution in [-0.4, -0.2) is 52.1 Å². The van der Waals surface area contributed by atoms with E-state index in [2.05, 4.69) is 34.6 Å². The van der Waals surface area contributed by atoms with E-state index in [1.807, 2.05) is 4.57 Å². The van der Waals surface area contributed by atoms with Crippen molar-refractivity contribution in [1.29, 1.82) is 0 Å². The van der Waals surface area contributed by atoms with Gasteiger partial charge in [0.1, 0.15) is 5.82 Å². The van der Waals surface area contributed by atoms with E-state index in [9.17, 15) is 4.79 Å². The zero-order chi connectivity index (χ0) is 18.4. The van der Waals surface area contributed by atoms with Gasteiger partial charge in [-0.15, -0.1) is 24.0 Å². The smallest absolute Gasteiger partial charge is 0.345 e. The molecule has 2 aliphatic rings. The molecule has 1 aromatic heterocycles. The Bertz CT molecular complexity index is 678. The van der Waals surface area contributed by atoms with Gasteiger partial charge >= 0.3 is 5.69 Å². The van der Waals surface area contributed by atoms with Gasteiger partial charge in [0.05, 0.1) is 12.1 Å². The number of aliphatic imine (C=N–C) groups is 1. The summed E-state index contributed by atoms with van der Waals surface area (Å²) in [5, 5.41) is 11.1. The van der Waals surface area contributed by atoms with Crippen molar-refractivity contribution in [3.63, 3.8) is 0 Å². The molecule has 2 N–H and O–H groups in total. The highest BCUT2D eigenvalue weighted by molar-refractivity contribution is 14.0. The van der Waals surface area contributed by atoms with Gasteiger partial charge in [-0.3, -0.25) is 9.56 Å². The predicted molar refractivity (Wildman–Crippen MR) is 117 cm³/mol. The third-order valence-electron chi connectivity index (χ3n) is 5.09. The Morgan fingerprint density at radius 2 is 2.19 bits per heavy atom. The van der Waals surface area contributed by atoms with Crippen LogP contribution in [0.1, 0.15) is 51.8 Å². The van der Waals surface area contributed by atoms with Crippen LogP contribution in [0.4, 0.5) is 0 Å². The van der Waals surface area contributed by atoms with E-state index >= 15 is 0 Å². The standard InChI is InChI=1S/C18H32N6O2.HI/c1-3-19-16(21-14-18(2)9-6-13-26-18)20-10-7-12-24-17(25)23-11-5-4-8-15(23)22-24;/h3-14H2,1-2H3,(H2,19,20,21);1H. The zero-order valence-electron chi connectivity index (χ0n) is 16.5. The van der Waals surface area contributed by atoms with E-state index in [4.69, 9.17) is 4.74 Å². The normalized spacial score (nSPS) is 22.2. The molecule has 27 heavy (non-hydrogen) atoms. The van der Waals surface area contributed by atoms with Crippen LogP contribution in [0, 0.1) is 0 Å². The van der Waals surface area contributed by atoms with Gasteiger partial charge in [-0.05, 0) is 46.0 Å². The summed E-state index contributed by atoms with van der Waals surface area (Å²) in [5.74, 6) is 1.75. The number of aryl methyl sites for hydroxylation is 2. The molecular formula is C18H33IN6O2. The van der Waals surface area contributed by atoms with Gasteiger partial charge in [0.25, 0.3) is 0 Å². The Morgan fingerprint density at radius 1 is 1.33 bits per heavy atom. The Kier molecular flexibility index (Phi) is 8.59. The Morgan fingerprint density at radius 3 is 2.89 bits per heavy atom. The SMILES string of the molecule is CCNC(=NCC1(C)CCCO1)NCCCn1nc2n(c1=O)CCCC2.I. The lowest BCUT2D eigenvalue weighted by molar-refractivity contribution is 0.0283. The molecule has 9 heteroatoms. The molecule has 1 saturated heterocycles. The summed E-state index contributed by atoms with van der Waals surface area (Å²) < 4.78 is 9.23. The molecule has 0 bridgehead atoms. The zero-order valence-corrected chi connectivity index (χ0v) is 18.8. The summed E-state index contributed by atoms with van der Waals surface area (Å²) in [6, 6.07) is 0.